The summed E-state index contributed by atoms with van der Waals surface area (Å²) >= 11 is 0. The fourth-order valence-electron chi connectivity index (χ4n) is 3.01. The zero-order chi connectivity index (χ0) is 21.8. The summed E-state index contributed by atoms with van der Waals surface area (Å²) < 4.78 is 38.4. The molecule has 0 saturated carbocycles. The number of halogens is 2. The number of para-hydroxylation sites is 1. The number of ether oxygens (including phenoxy) is 1. The smallest absolute Gasteiger partial charge is 0.288 e. The van der Waals surface area contributed by atoms with Crippen molar-refractivity contribution in [2.24, 2.45) is 0 Å². The summed E-state index contributed by atoms with van der Waals surface area (Å²) in [5.41, 5.74) is 1.13. The van der Waals surface area contributed by atoms with Gasteiger partial charge in [0.1, 0.15) is 11.6 Å². The molecule has 2 N–H and O–H groups in total. The molecule has 2 aromatic carbocycles. The van der Waals surface area contributed by atoms with Gasteiger partial charge in [0, 0.05) is 18.0 Å². The van der Waals surface area contributed by atoms with Crippen molar-refractivity contribution in [1.82, 2.24) is 10.6 Å². The van der Waals surface area contributed by atoms with Crippen molar-refractivity contribution in [2.75, 3.05) is 7.05 Å². The first-order valence-corrected chi connectivity index (χ1v) is 9.41. The lowest BCUT2D eigenvalue weighted by Crippen LogP contribution is -2.39. The van der Waals surface area contributed by atoms with Crippen LogP contribution in [0.1, 0.15) is 41.6 Å². The maximum Gasteiger partial charge on any atom is 0.288 e. The topological polar surface area (TPSA) is 80.6 Å². The van der Waals surface area contributed by atoms with Crippen LogP contribution in [0.4, 0.5) is 8.78 Å². The molecule has 0 radical (unpaired) electrons. The number of hydrogen-bond acceptors (Lipinski definition) is 4. The Labute approximate surface area is 172 Å². The van der Waals surface area contributed by atoms with Gasteiger partial charge in [-0.05, 0) is 37.6 Å². The average molecular weight is 416 g/mol. The molecule has 6 nitrogen and oxygen atoms in total. The highest BCUT2D eigenvalue weighted by atomic mass is 19.2. The van der Waals surface area contributed by atoms with E-state index in [-0.39, 0.29) is 24.0 Å². The van der Waals surface area contributed by atoms with Gasteiger partial charge in [-0.25, -0.2) is 8.78 Å². The first kappa shape index (κ1) is 21.4. The lowest BCUT2D eigenvalue weighted by Gasteiger charge is -2.18. The van der Waals surface area contributed by atoms with E-state index in [9.17, 15) is 18.4 Å². The number of amides is 2. The number of carbonyl (C=O) groups excluding carboxylic acids is 2. The van der Waals surface area contributed by atoms with Gasteiger partial charge in [0.25, 0.3) is 5.91 Å². The normalized spacial score (nSPS) is 12.2. The van der Waals surface area contributed by atoms with E-state index >= 15 is 0 Å². The number of carbonyl (C=O) groups is 2. The van der Waals surface area contributed by atoms with Crippen LogP contribution in [-0.4, -0.2) is 25.0 Å². The number of benzene rings is 2. The van der Waals surface area contributed by atoms with Gasteiger partial charge in [-0.1, -0.05) is 24.3 Å². The molecule has 2 amide bonds. The second-order valence-corrected chi connectivity index (χ2v) is 6.96. The fourth-order valence-corrected chi connectivity index (χ4v) is 3.01. The molecule has 0 saturated heterocycles. The van der Waals surface area contributed by atoms with E-state index < -0.39 is 29.5 Å². The quantitative estimate of drug-likeness (QED) is 0.613. The third-order valence-corrected chi connectivity index (χ3v) is 4.53. The van der Waals surface area contributed by atoms with Crippen molar-refractivity contribution >= 4 is 22.8 Å². The predicted molar refractivity (Wildman–Crippen MR) is 107 cm³/mol. The number of hydrogen-bond donors (Lipinski definition) is 2. The standard InChI is InChI=1S/C22H22F2N2O4/c1-12(2)29-11-15-14-6-4-5-7-18(14)30-20(15)22(28)26-19(21(27)25-3)13-8-9-16(23)17(24)10-13/h4-10,12,19H,11H2,1-3H3,(H,25,27)(H,26,28). The zero-order valence-electron chi connectivity index (χ0n) is 16.8. The minimum Gasteiger partial charge on any atom is -0.451 e. The summed E-state index contributed by atoms with van der Waals surface area (Å²) in [7, 11) is 1.38. The Morgan fingerprint density at radius 1 is 1.10 bits per heavy atom. The maximum atomic E-state index is 13.7. The van der Waals surface area contributed by atoms with Gasteiger partial charge in [-0.3, -0.25) is 9.59 Å². The van der Waals surface area contributed by atoms with E-state index in [4.69, 9.17) is 9.15 Å². The summed E-state index contributed by atoms with van der Waals surface area (Å²) in [5.74, 6) is -3.44. The van der Waals surface area contributed by atoms with E-state index in [1.165, 1.54) is 13.1 Å². The molecule has 30 heavy (non-hydrogen) atoms. The SMILES string of the molecule is CNC(=O)C(NC(=O)c1oc2ccccc2c1COC(C)C)c1ccc(F)c(F)c1. The van der Waals surface area contributed by atoms with Crippen LogP contribution in [0.15, 0.2) is 46.9 Å². The second-order valence-electron chi connectivity index (χ2n) is 6.96. The maximum absolute atomic E-state index is 13.7. The summed E-state index contributed by atoms with van der Waals surface area (Å²) in [6.45, 7) is 3.87. The van der Waals surface area contributed by atoms with Crippen LogP contribution in [0.3, 0.4) is 0 Å². The lowest BCUT2D eigenvalue weighted by molar-refractivity contribution is -0.122. The molecule has 0 aliphatic carbocycles. The minimum absolute atomic E-state index is 0.00617. The molecule has 3 aromatic rings. The Balaban J connectivity index is 1.97. The molecule has 0 aliphatic rings. The molecule has 1 unspecified atom stereocenters. The molecule has 3 rings (SSSR count). The average Bonchev–Trinajstić information content (AvgIpc) is 3.10. The zero-order valence-corrected chi connectivity index (χ0v) is 16.8. The molecule has 1 aromatic heterocycles. The first-order valence-electron chi connectivity index (χ1n) is 9.41. The van der Waals surface area contributed by atoms with Crippen LogP contribution in [0, 0.1) is 11.6 Å². The Morgan fingerprint density at radius 3 is 2.50 bits per heavy atom. The Morgan fingerprint density at radius 2 is 1.83 bits per heavy atom. The number of nitrogens with one attached hydrogen (secondary N) is 2. The minimum atomic E-state index is -1.25. The van der Waals surface area contributed by atoms with Crippen LogP contribution in [0.2, 0.25) is 0 Å². The van der Waals surface area contributed by atoms with E-state index in [0.29, 0.717) is 16.5 Å². The highest BCUT2D eigenvalue weighted by molar-refractivity contribution is 6.01. The number of likely N-dealkylation sites (N-methyl/N-ethyl adjacent to an activating group) is 1. The van der Waals surface area contributed by atoms with E-state index in [1.807, 2.05) is 19.9 Å². The third-order valence-electron chi connectivity index (χ3n) is 4.53. The molecule has 158 valence electrons. The van der Waals surface area contributed by atoms with Crippen molar-refractivity contribution in [3.8, 4) is 0 Å². The highest BCUT2D eigenvalue weighted by Crippen LogP contribution is 2.28. The third kappa shape index (κ3) is 4.49. The summed E-state index contributed by atoms with van der Waals surface area (Å²) in [5, 5.41) is 5.67. The molecule has 0 aliphatic heterocycles. The molecule has 0 bridgehead atoms. The number of furan rings is 1. The molecular weight excluding hydrogens is 394 g/mol. The molecule has 1 heterocycles. The van der Waals surface area contributed by atoms with Crippen LogP contribution < -0.4 is 10.6 Å². The van der Waals surface area contributed by atoms with Crippen molar-refractivity contribution in [2.45, 2.75) is 32.6 Å². The number of fused-ring (bicyclic) bond motifs is 1. The van der Waals surface area contributed by atoms with Gasteiger partial charge in [0.15, 0.2) is 17.4 Å². The summed E-state index contributed by atoms with van der Waals surface area (Å²) in [6.07, 6.45) is -0.0737. The molecular formula is C22H22F2N2O4. The summed E-state index contributed by atoms with van der Waals surface area (Å²) in [4.78, 5) is 25.4. The Kier molecular flexibility index (Phi) is 6.47. The second kappa shape index (κ2) is 9.04. The summed E-state index contributed by atoms with van der Waals surface area (Å²) in [6, 6.07) is 8.87. The van der Waals surface area contributed by atoms with Crippen molar-refractivity contribution in [3.05, 3.63) is 71.0 Å². The van der Waals surface area contributed by atoms with Crippen LogP contribution in [0.25, 0.3) is 11.0 Å². The Bertz CT molecular complexity index is 1080. The Hall–Kier alpha value is -3.26. The molecule has 0 fully saturated rings. The fraction of sp³-hybridized carbons (Fsp3) is 0.273. The van der Waals surface area contributed by atoms with Gasteiger partial charge >= 0.3 is 0 Å². The molecule has 1 atom stereocenters. The van der Waals surface area contributed by atoms with Crippen LogP contribution >= 0.6 is 0 Å². The van der Waals surface area contributed by atoms with Crippen molar-refractivity contribution in [1.29, 1.82) is 0 Å². The predicted octanol–water partition coefficient (Wildman–Crippen LogP) is 3.85. The molecule has 0 spiro atoms. The van der Waals surface area contributed by atoms with Crippen molar-refractivity contribution in [3.63, 3.8) is 0 Å². The van der Waals surface area contributed by atoms with Gasteiger partial charge in [0.2, 0.25) is 5.91 Å². The highest BCUT2D eigenvalue weighted by Gasteiger charge is 2.27. The first-order chi connectivity index (χ1) is 14.3. The van der Waals surface area contributed by atoms with Crippen LogP contribution in [0.5, 0.6) is 0 Å². The van der Waals surface area contributed by atoms with Gasteiger partial charge in [0.05, 0.1) is 12.7 Å². The van der Waals surface area contributed by atoms with E-state index in [2.05, 4.69) is 10.6 Å². The lowest BCUT2D eigenvalue weighted by atomic mass is 10.0. The molecule has 8 heteroatoms. The van der Waals surface area contributed by atoms with E-state index in [0.717, 1.165) is 12.1 Å². The largest absolute Gasteiger partial charge is 0.451 e. The van der Waals surface area contributed by atoms with Crippen molar-refractivity contribution < 1.29 is 27.5 Å². The van der Waals surface area contributed by atoms with Gasteiger partial charge in [-0.15, -0.1) is 0 Å². The van der Waals surface area contributed by atoms with Gasteiger partial charge < -0.3 is 19.8 Å². The monoisotopic (exact) mass is 416 g/mol. The van der Waals surface area contributed by atoms with Crippen LogP contribution in [-0.2, 0) is 16.1 Å². The number of rotatable bonds is 7. The van der Waals surface area contributed by atoms with E-state index in [1.54, 1.807) is 18.2 Å². The van der Waals surface area contributed by atoms with Gasteiger partial charge in [-0.2, -0.15) is 0 Å².